The molecule has 1 aromatic heterocycles. The van der Waals surface area contributed by atoms with Crippen molar-refractivity contribution < 1.29 is 17.9 Å². The van der Waals surface area contributed by atoms with Crippen LogP contribution in [0.3, 0.4) is 0 Å². The van der Waals surface area contributed by atoms with Crippen molar-refractivity contribution in [1.82, 2.24) is 14.2 Å². The number of para-hydroxylation sites is 1. The molecule has 1 N–H and O–H groups in total. The summed E-state index contributed by atoms with van der Waals surface area (Å²) in [5.74, 6) is -0.216. The first-order valence-corrected chi connectivity index (χ1v) is 12.6. The van der Waals surface area contributed by atoms with Crippen molar-refractivity contribution in [3.05, 3.63) is 53.0 Å². The molecule has 170 valence electrons. The molecular formula is C22H26N4O4S2. The number of anilines is 1. The number of sulfonamides is 1. The van der Waals surface area contributed by atoms with E-state index in [4.69, 9.17) is 4.74 Å². The summed E-state index contributed by atoms with van der Waals surface area (Å²) in [5, 5.41) is 3.76. The van der Waals surface area contributed by atoms with Crippen molar-refractivity contribution in [3.8, 4) is 0 Å². The third kappa shape index (κ3) is 5.16. The number of hydrogen-bond acceptors (Lipinski definition) is 7. The number of fused-ring (bicyclic) bond motifs is 1. The highest BCUT2D eigenvalue weighted by atomic mass is 32.2. The summed E-state index contributed by atoms with van der Waals surface area (Å²) >= 11 is 1.61. The van der Waals surface area contributed by atoms with Gasteiger partial charge in [-0.1, -0.05) is 18.2 Å². The quantitative estimate of drug-likeness (QED) is 0.566. The number of thiazole rings is 1. The number of likely N-dealkylation sites (N-methyl/N-ethyl adjacent to an activating group) is 1. The summed E-state index contributed by atoms with van der Waals surface area (Å²) in [4.78, 5) is 19.3. The number of ether oxygens (including phenoxy) is 1. The smallest absolute Gasteiger partial charge is 0.243 e. The first-order chi connectivity index (χ1) is 15.3. The number of carbonyl (C=O) groups excluding carboxylic acids is 1. The fourth-order valence-corrected chi connectivity index (χ4v) is 6.31. The molecule has 10 heteroatoms. The van der Waals surface area contributed by atoms with Gasteiger partial charge in [0.05, 0.1) is 41.4 Å². The Morgan fingerprint density at radius 3 is 2.72 bits per heavy atom. The van der Waals surface area contributed by atoms with Gasteiger partial charge in [-0.25, -0.2) is 13.4 Å². The maximum Gasteiger partial charge on any atom is 0.243 e. The predicted octanol–water partition coefficient (Wildman–Crippen LogP) is 2.70. The molecule has 0 atom stereocenters. The number of carbonyl (C=O) groups is 1. The van der Waals surface area contributed by atoms with Gasteiger partial charge in [0.15, 0.2) is 0 Å². The number of rotatable bonds is 7. The highest BCUT2D eigenvalue weighted by Gasteiger charge is 2.28. The minimum Gasteiger partial charge on any atom is -0.379 e. The number of nitrogens with one attached hydrogen (secondary N) is 1. The monoisotopic (exact) mass is 474 g/mol. The van der Waals surface area contributed by atoms with Crippen LogP contribution in [0.1, 0.15) is 10.6 Å². The van der Waals surface area contributed by atoms with E-state index in [0.717, 1.165) is 15.2 Å². The van der Waals surface area contributed by atoms with E-state index in [9.17, 15) is 13.2 Å². The van der Waals surface area contributed by atoms with E-state index in [1.807, 2.05) is 36.2 Å². The van der Waals surface area contributed by atoms with Crippen molar-refractivity contribution in [2.45, 2.75) is 18.4 Å². The molecule has 0 aliphatic carbocycles. The first kappa shape index (κ1) is 22.8. The van der Waals surface area contributed by atoms with Gasteiger partial charge in [0.1, 0.15) is 5.01 Å². The van der Waals surface area contributed by atoms with Crippen LogP contribution in [-0.2, 0) is 26.1 Å². The Hall–Kier alpha value is -2.37. The van der Waals surface area contributed by atoms with Crippen LogP contribution in [-0.4, -0.2) is 68.4 Å². The lowest BCUT2D eigenvalue weighted by atomic mass is 10.2. The van der Waals surface area contributed by atoms with E-state index in [2.05, 4.69) is 10.3 Å². The van der Waals surface area contributed by atoms with Gasteiger partial charge < -0.3 is 10.1 Å². The average molecular weight is 475 g/mol. The Balaban J connectivity index is 1.41. The molecule has 2 heterocycles. The highest BCUT2D eigenvalue weighted by molar-refractivity contribution is 7.89. The minimum absolute atomic E-state index is 0.162. The SMILES string of the molecule is Cc1ccc(NC(=O)CN(C)Cc2nc3ccccc3s2)cc1S(=O)(=O)N1CCOCC1. The van der Waals surface area contributed by atoms with E-state index < -0.39 is 10.0 Å². The van der Waals surface area contributed by atoms with Gasteiger partial charge in [0.25, 0.3) is 0 Å². The molecule has 0 radical (unpaired) electrons. The molecule has 1 aliphatic rings. The van der Waals surface area contributed by atoms with Crippen molar-refractivity contribution in [3.63, 3.8) is 0 Å². The van der Waals surface area contributed by atoms with Crippen LogP contribution in [0.4, 0.5) is 5.69 Å². The summed E-state index contributed by atoms with van der Waals surface area (Å²) in [6, 6.07) is 12.9. The van der Waals surface area contributed by atoms with E-state index in [1.54, 1.807) is 30.4 Å². The molecule has 2 aromatic carbocycles. The van der Waals surface area contributed by atoms with Crippen LogP contribution in [0.2, 0.25) is 0 Å². The maximum absolute atomic E-state index is 13.0. The van der Waals surface area contributed by atoms with E-state index in [1.165, 1.54) is 10.4 Å². The van der Waals surface area contributed by atoms with Crippen LogP contribution in [0, 0.1) is 6.92 Å². The average Bonchev–Trinajstić information content (AvgIpc) is 3.17. The molecule has 0 unspecified atom stereocenters. The normalized spacial score (nSPS) is 15.3. The summed E-state index contributed by atoms with van der Waals surface area (Å²) in [6.07, 6.45) is 0. The van der Waals surface area contributed by atoms with E-state index in [0.29, 0.717) is 44.1 Å². The Bertz CT molecular complexity index is 1190. The second-order valence-electron chi connectivity index (χ2n) is 7.79. The van der Waals surface area contributed by atoms with Gasteiger partial charge in [-0.3, -0.25) is 9.69 Å². The summed E-state index contributed by atoms with van der Waals surface area (Å²) in [5.41, 5.74) is 2.06. The molecule has 0 spiro atoms. The number of hydrogen-bond donors (Lipinski definition) is 1. The lowest BCUT2D eigenvalue weighted by Gasteiger charge is -2.27. The molecule has 4 rings (SSSR count). The van der Waals surface area contributed by atoms with Crippen LogP contribution < -0.4 is 5.32 Å². The molecule has 3 aromatic rings. The molecule has 1 saturated heterocycles. The zero-order valence-electron chi connectivity index (χ0n) is 18.1. The van der Waals surface area contributed by atoms with Gasteiger partial charge in [0, 0.05) is 18.8 Å². The lowest BCUT2D eigenvalue weighted by Crippen LogP contribution is -2.40. The van der Waals surface area contributed by atoms with E-state index in [-0.39, 0.29) is 17.3 Å². The molecule has 1 amide bonds. The lowest BCUT2D eigenvalue weighted by molar-refractivity contribution is -0.117. The fourth-order valence-electron chi connectivity index (χ4n) is 3.60. The second kappa shape index (κ2) is 9.63. The van der Waals surface area contributed by atoms with Crippen molar-refractivity contribution in [2.75, 3.05) is 45.2 Å². The number of aromatic nitrogens is 1. The Labute approximate surface area is 191 Å². The number of morpholine rings is 1. The van der Waals surface area contributed by atoms with Crippen molar-refractivity contribution in [1.29, 1.82) is 0 Å². The highest BCUT2D eigenvalue weighted by Crippen LogP contribution is 2.25. The molecule has 1 aliphatic heterocycles. The Morgan fingerprint density at radius 2 is 1.97 bits per heavy atom. The number of benzene rings is 2. The minimum atomic E-state index is -3.64. The van der Waals surface area contributed by atoms with Gasteiger partial charge in [0.2, 0.25) is 15.9 Å². The predicted molar refractivity (Wildman–Crippen MR) is 125 cm³/mol. The molecule has 0 bridgehead atoms. The molecular weight excluding hydrogens is 448 g/mol. The third-order valence-electron chi connectivity index (χ3n) is 5.22. The topological polar surface area (TPSA) is 91.8 Å². The third-order valence-corrected chi connectivity index (χ3v) is 8.28. The number of aryl methyl sites for hydroxylation is 1. The van der Waals surface area contributed by atoms with Crippen LogP contribution in [0.25, 0.3) is 10.2 Å². The molecule has 0 saturated carbocycles. The molecule has 1 fully saturated rings. The van der Waals surface area contributed by atoms with Gasteiger partial charge >= 0.3 is 0 Å². The van der Waals surface area contributed by atoms with Crippen LogP contribution >= 0.6 is 11.3 Å². The zero-order valence-corrected chi connectivity index (χ0v) is 19.7. The van der Waals surface area contributed by atoms with Crippen LogP contribution in [0.15, 0.2) is 47.4 Å². The second-order valence-corrected chi connectivity index (χ2v) is 10.8. The Morgan fingerprint density at radius 1 is 1.22 bits per heavy atom. The van der Waals surface area contributed by atoms with E-state index >= 15 is 0 Å². The summed E-state index contributed by atoms with van der Waals surface area (Å²) in [6.45, 7) is 3.90. The van der Waals surface area contributed by atoms with Gasteiger partial charge in [-0.2, -0.15) is 4.31 Å². The van der Waals surface area contributed by atoms with Gasteiger partial charge in [-0.15, -0.1) is 11.3 Å². The Kier molecular flexibility index (Phi) is 6.87. The van der Waals surface area contributed by atoms with Crippen molar-refractivity contribution >= 4 is 43.2 Å². The fraction of sp³-hybridized carbons (Fsp3) is 0.364. The molecule has 8 nitrogen and oxygen atoms in total. The summed E-state index contributed by atoms with van der Waals surface area (Å²) in [7, 11) is -1.79. The maximum atomic E-state index is 13.0. The van der Waals surface area contributed by atoms with Crippen LogP contribution in [0.5, 0.6) is 0 Å². The first-order valence-electron chi connectivity index (χ1n) is 10.3. The summed E-state index contributed by atoms with van der Waals surface area (Å²) < 4.78 is 33.9. The standard InChI is InChI=1S/C22H26N4O4S2/c1-16-7-8-17(13-20(16)32(28,29)26-9-11-30-12-10-26)23-21(27)14-25(2)15-22-24-18-5-3-4-6-19(18)31-22/h3-8,13H,9-12,14-15H2,1-2H3,(H,23,27). The van der Waals surface area contributed by atoms with Gasteiger partial charge in [-0.05, 0) is 43.8 Å². The zero-order chi connectivity index (χ0) is 22.7. The van der Waals surface area contributed by atoms with Crippen molar-refractivity contribution in [2.24, 2.45) is 0 Å². The number of amides is 1. The largest absolute Gasteiger partial charge is 0.379 e. The molecule has 32 heavy (non-hydrogen) atoms. The number of nitrogens with zero attached hydrogens (tertiary/aromatic N) is 3.